The van der Waals surface area contributed by atoms with Crippen molar-refractivity contribution < 1.29 is 4.74 Å². The van der Waals surface area contributed by atoms with Crippen LogP contribution in [0.2, 0.25) is 0 Å². The second kappa shape index (κ2) is 5.36. The van der Waals surface area contributed by atoms with Crippen LogP contribution < -0.4 is 10.6 Å². The standard InChI is InChI=1S/C10H12N4OS/c1-14(3-4-15-2)10-7(5-11)9(13)8(6-12)16-10/h3-4,13H2,1-2H3. The van der Waals surface area contributed by atoms with Crippen LogP contribution in [0.3, 0.4) is 0 Å². The summed E-state index contributed by atoms with van der Waals surface area (Å²) in [6.45, 7) is 1.21. The third-order valence-corrected chi connectivity index (χ3v) is 3.34. The molecule has 16 heavy (non-hydrogen) atoms. The molecule has 2 N–H and O–H groups in total. The van der Waals surface area contributed by atoms with Crippen LogP contribution in [0.15, 0.2) is 0 Å². The second-order valence-electron chi connectivity index (χ2n) is 3.16. The SMILES string of the molecule is COCCN(C)c1sc(C#N)c(N)c1C#N. The zero-order valence-electron chi connectivity index (χ0n) is 9.15. The molecule has 0 fully saturated rings. The van der Waals surface area contributed by atoms with Crippen LogP contribution in [0.1, 0.15) is 10.4 Å². The number of nitrogen functional groups attached to an aromatic ring is 1. The van der Waals surface area contributed by atoms with Crippen molar-refractivity contribution in [2.45, 2.75) is 0 Å². The van der Waals surface area contributed by atoms with Crippen molar-refractivity contribution in [3.63, 3.8) is 0 Å². The Morgan fingerprint density at radius 1 is 1.44 bits per heavy atom. The minimum atomic E-state index is 0.272. The van der Waals surface area contributed by atoms with E-state index in [0.717, 1.165) is 0 Å². The van der Waals surface area contributed by atoms with Crippen molar-refractivity contribution in [1.82, 2.24) is 0 Å². The number of nitrogens with two attached hydrogens (primary N) is 1. The van der Waals surface area contributed by atoms with Crippen LogP contribution in [0.5, 0.6) is 0 Å². The van der Waals surface area contributed by atoms with Gasteiger partial charge in [0.15, 0.2) is 0 Å². The quantitative estimate of drug-likeness (QED) is 0.847. The van der Waals surface area contributed by atoms with E-state index in [1.165, 1.54) is 11.3 Å². The zero-order chi connectivity index (χ0) is 12.1. The summed E-state index contributed by atoms with van der Waals surface area (Å²) in [4.78, 5) is 2.25. The molecular formula is C10H12N4OS. The molecular weight excluding hydrogens is 224 g/mol. The van der Waals surface area contributed by atoms with E-state index in [1.54, 1.807) is 7.11 Å². The molecule has 0 aliphatic rings. The van der Waals surface area contributed by atoms with Gasteiger partial charge in [-0.2, -0.15) is 10.5 Å². The van der Waals surface area contributed by atoms with Gasteiger partial charge in [0, 0.05) is 20.7 Å². The lowest BCUT2D eigenvalue weighted by molar-refractivity contribution is 0.206. The van der Waals surface area contributed by atoms with Crippen LogP contribution in [0.25, 0.3) is 0 Å². The third kappa shape index (κ3) is 2.25. The lowest BCUT2D eigenvalue weighted by Crippen LogP contribution is -2.21. The molecule has 0 unspecified atom stereocenters. The molecule has 1 heterocycles. The van der Waals surface area contributed by atoms with E-state index in [4.69, 9.17) is 21.0 Å². The number of methoxy groups -OCH3 is 1. The molecule has 0 aliphatic carbocycles. The molecule has 0 spiro atoms. The van der Waals surface area contributed by atoms with E-state index < -0.39 is 0 Å². The van der Waals surface area contributed by atoms with Crippen molar-refractivity contribution in [2.75, 3.05) is 37.9 Å². The lowest BCUT2D eigenvalue weighted by Gasteiger charge is -2.16. The number of nitriles is 2. The Labute approximate surface area is 98.3 Å². The van der Waals surface area contributed by atoms with Crippen LogP contribution in [0, 0.1) is 22.7 Å². The number of ether oxygens (including phenoxy) is 1. The average molecular weight is 236 g/mol. The lowest BCUT2D eigenvalue weighted by atomic mass is 10.2. The van der Waals surface area contributed by atoms with Crippen molar-refractivity contribution >= 4 is 22.0 Å². The number of rotatable bonds is 4. The first-order valence-electron chi connectivity index (χ1n) is 4.58. The molecule has 1 rings (SSSR count). The van der Waals surface area contributed by atoms with Crippen molar-refractivity contribution in [2.24, 2.45) is 0 Å². The van der Waals surface area contributed by atoms with Crippen LogP contribution in [0.4, 0.5) is 10.7 Å². The third-order valence-electron chi connectivity index (χ3n) is 2.12. The predicted octanol–water partition coefficient (Wildman–Crippen LogP) is 1.16. The maximum absolute atomic E-state index is 8.99. The van der Waals surface area contributed by atoms with Gasteiger partial charge in [0.25, 0.3) is 0 Å². The maximum Gasteiger partial charge on any atom is 0.131 e. The average Bonchev–Trinajstić information content (AvgIpc) is 2.62. The monoisotopic (exact) mass is 236 g/mol. The molecule has 1 aromatic rings. The molecule has 5 nitrogen and oxygen atoms in total. The van der Waals surface area contributed by atoms with Crippen LogP contribution >= 0.6 is 11.3 Å². The fourth-order valence-electron chi connectivity index (χ4n) is 1.22. The fourth-order valence-corrected chi connectivity index (χ4v) is 2.18. The van der Waals surface area contributed by atoms with Crippen molar-refractivity contribution in [3.05, 3.63) is 10.4 Å². The van der Waals surface area contributed by atoms with Gasteiger partial charge in [-0.15, -0.1) is 11.3 Å². The normalized spacial score (nSPS) is 9.50. The smallest absolute Gasteiger partial charge is 0.131 e. The van der Waals surface area contributed by atoms with E-state index >= 15 is 0 Å². The van der Waals surface area contributed by atoms with Gasteiger partial charge < -0.3 is 15.4 Å². The predicted molar refractivity (Wildman–Crippen MR) is 63.3 cm³/mol. The summed E-state index contributed by atoms with van der Waals surface area (Å²) >= 11 is 1.23. The van der Waals surface area contributed by atoms with E-state index in [1.807, 2.05) is 24.1 Å². The zero-order valence-corrected chi connectivity index (χ0v) is 9.97. The fraction of sp³-hybridized carbons (Fsp3) is 0.400. The van der Waals surface area contributed by atoms with Gasteiger partial charge in [-0.05, 0) is 0 Å². The highest BCUT2D eigenvalue weighted by Gasteiger charge is 2.18. The summed E-state index contributed by atoms with van der Waals surface area (Å²) in [6.07, 6.45) is 0. The highest BCUT2D eigenvalue weighted by atomic mass is 32.1. The molecule has 0 aromatic carbocycles. The maximum atomic E-state index is 8.99. The molecule has 0 radical (unpaired) electrons. The van der Waals surface area contributed by atoms with E-state index in [9.17, 15) is 0 Å². The summed E-state index contributed by atoms with van der Waals surface area (Å²) in [5.41, 5.74) is 6.35. The number of nitrogens with zero attached hydrogens (tertiary/aromatic N) is 3. The number of anilines is 2. The second-order valence-corrected chi connectivity index (χ2v) is 4.16. The first-order chi connectivity index (χ1) is 7.65. The molecule has 0 bridgehead atoms. The molecule has 0 atom stereocenters. The van der Waals surface area contributed by atoms with Crippen LogP contribution in [-0.2, 0) is 4.74 Å². The minimum Gasteiger partial charge on any atom is -0.396 e. The van der Waals surface area contributed by atoms with Gasteiger partial charge in [-0.3, -0.25) is 0 Å². The van der Waals surface area contributed by atoms with Gasteiger partial charge in [0.05, 0.1) is 12.3 Å². The van der Waals surface area contributed by atoms with Crippen LogP contribution in [-0.4, -0.2) is 27.3 Å². The number of hydrogen-bond donors (Lipinski definition) is 1. The molecule has 0 amide bonds. The largest absolute Gasteiger partial charge is 0.396 e. The number of hydrogen-bond acceptors (Lipinski definition) is 6. The molecule has 84 valence electrons. The molecule has 6 heteroatoms. The van der Waals surface area contributed by atoms with E-state index in [-0.39, 0.29) is 5.69 Å². The van der Waals surface area contributed by atoms with Gasteiger partial charge in [0.1, 0.15) is 27.6 Å². The van der Waals surface area contributed by atoms with E-state index in [0.29, 0.717) is 28.6 Å². The molecule has 0 saturated heterocycles. The molecule has 0 saturated carbocycles. The Hall–Kier alpha value is -1.76. The molecule has 0 aliphatic heterocycles. The van der Waals surface area contributed by atoms with Gasteiger partial charge in [-0.1, -0.05) is 0 Å². The number of thiophene rings is 1. The Kier molecular flexibility index (Phi) is 4.12. The first kappa shape index (κ1) is 12.3. The van der Waals surface area contributed by atoms with Gasteiger partial charge >= 0.3 is 0 Å². The topological polar surface area (TPSA) is 86.1 Å². The van der Waals surface area contributed by atoms with E-state index in [2.05, 4.69) is 0 Å². The summed E-state index contributed by atoms with van der Waals surface area (Å²) in [7, 11) is 3.45. The number of likely N-dealkylation sites (N-methyl/N-ethyl adjacent to an activating group) is 1. The summed E-state index contributed by atoms with van der Waals surface area (Å²) in [6, 6.07) is 4.01. The Bertz CT molecular complexity index is 455. The van der Waals surface area contributed by atoms with Gasteiger partial charge in [0.2, 0.25) is 0 Å². The summed E-state index contributed by atoms with van der Waals surface area (Å²) in [5.74, 6) is 0. The minimum absolute atomic E-state index is 0.272. The van der Waals surface area contributed by atoms with Crippen molar-refractivity contribution in [1.29, 1.82) is 10.5 Å². The Morgan fingerprint density at radius 3 is 2.62 bits per heavy atom. The highest BCUT2D eigenvalue weighted by molar-refractivity contribution is 7.17. The van der Waals surface area contributed by atoms with Crippen molar-refractivity contribution in [3.8, 4) is 12.1 Å². The first-order valence-corrected chi connectivity index (χ1v) is 5.39. The summed E-state index contributed by atoms with van der Waals surface area (Å²) in [5, 5.41) is 18.5. The van der Waals surface area contributed by atoms with Gasteiger partial charge in [-0.25, -0.2) is 0 Å². The molecule has 1 aromatic heterocycles. The Balaban J connectivity index is 3.05. The Morgan fingerprint density at radius 2 is 2.12 bits per heavy atom. The highest BCUT2D eigenvalue weighted by Crippen LogP contribution is 2.36. The summed E-state index contributed by atoms with van der Waals surface area (Å²) < 4.78 is 4.95.